The van der Waals surface area contributed by atoms with E-state index in [1.165, 1.54) is 4.88 Å². The number of hydrogen-bond donors (Lipinski definition) is 1. The van der Waals surface area contributed by atoms with E-state index in [2.05, 4.69) is 26.2 Å². The van der Waals surface area contributed by atoms with E-state index in [1.807, 2.05) is 31.2 Å². The fraction of sp³-hybridized carbons (Fsp3) is 0.182. The van der Waals surface area contributed by atoms with Crippen LogP contribution in [0.2, 0.25) is 4.34 Å². The number of aromatic nitrogens is 1. The second-order valence-corrected chi connectivity index (χ2v) is 5.94. The second-order valence-electron chi connectivity index (χ2n) is 3.33. The van der Waals surface area contributed by atoms with Crippen LogP contribution in [0, 0.1) is 6.92 Å². The van der Waals surface area contributed by atoms with Crippen molar-refractivity contribution in [2.45, 2.75) is 13.5 Å². The van der Waals surface area contributed by atoms with E-state index in [-0.39, 0.29) is 0 Å². The average Bonchev–Trinajstić information content (AvgIpc) is 2.63. The summed E-state index contributed by atoms with van der Waals surface area (Å²) in [5.41, 5.74) is 2.03. The van der Waals surface area contributed by atoms with Gasteiger partial charge in [-0.05, 0) is 47.1 Å². The molecule has 2 rings (SSSR count). The van der Waals surface area contributed by atoms with Gasteiger partial charge in [-0.1, -0.05) is 11.6 Å². The minimum atomic E-state index is 0.779. The number of pyridine rings is 1. The molecule has 2 aromatic heterocycles. The topological polar surface area (TPSA) is 24.9 Å². The van der Waals surface area contributed by atoms with Crippen LogP contribution in [0.15, 0.2) is 28.9 Å². The van der Waals surface area contributed by atoms with Crippen LogP contribution in [-0.2, 0) is 6.54 Å². The summed E-state index contributed by atoms with van der Waals surface area (Å²) in [6, 6.07) is 7.88. The SMILES string of the molecule is Cc1nc(Br)ccc1NCc1ccc(Cl)s1. The number of rotatable bonds is 3. The standard InChI is InChI=1S/C11H10BrClN2S/c1-7-9(3-4-10(12)15-7)14-6-8-2-5-11(13)16-8/h2-5,14H,6H2,1H3. The predicted octanol–water partition coefficient (Wildman–Crippen LogP) is 4.48. The maximum absolute atomic E-state index is 5.87. The molecule has 0 aliphatic heterocycles. The normalized spacial score (nSPS) is 10.4. The largest absolute Gasteiger partial charge is 0.379 e. The molecule has 5 heteroatoms. The zero-order chi connectivity index (χ0) is 11.5. The van der Waals surface area contributed by atoms with Gasteiger partial charge in [0.05, 0.1) is 15.7 Å². The van der Waals surface area contributed by atoms with Gasteiger partial charge >= 0.3 is 0 Å². The van der Waals surface area contributed by atoms with Crippen molar-refractivity contribution in [3.8, 4) is 0 Å². The minimum Gasteiger partial charge on any atom is -0.379 e. The molecule has 16 heavy (non-hydrogen) atoms. The fourth-order valence-corrected chi connectivity index (χ4v) is 2.77. The average molecular weight is 318 g/mol. The summed E-state index contributed by atoms with van der Waals surface area (Å²) in [6.07, 6.45) is 0. The van der Waals surface area contributed by atoms with Crippen molar-refractivity contribution in [2.24, 2.45) is 0 Å². The first-order valence-electron chi connectivity index (χ1n) is 4.76. The minimum absolute atomic E-state index is 0.779. The van der Waals surface area contributed by atoms with Gasteiger partial charge in [0.15, 0.2) is 0 Å². The maximum Gasteiger partial charge on any atom is 0.106 e. The van der Waals surface area contributed by atoms with Crippen LogP contribution in [0.1, 0.15) is 10.6 Å². The molecule has 2 aromatic rings. The lowest BCUT2D eigenvalue weighted by atomic mass is 10.3. The molecule has 2 nitrogen and oxygen atoms in total. The Morgan fingerprint density at radius 2 is 2.19 bits per heavy atom. The van der Waals surface area contributed by atoms with Gasteiger partial charge < -0.3 is 5.32 Å². The Balaban J connectivity index is 2.04. The third-order valence-electron chi connectivity index (χ3n) is 2.13. The van der Waals surface area contributed by atoms with Gasteiger partial charge in [-0.25, -0.2) is 4.98 Å². The second kappa shape index (κ2) is 5.17. The Kier molecular flexibility index (Phi) is 3.84. The molecule has 0 aliphatic carbocycles. The lowest BCUT2D eigenvalue weighted by Crippen LogP contribution is -2.00. The van der Waals surface area contributed by atoms with Crippen molar-refractivity contribution in [1.29, 1.82) is 0 Å². The van der Waals surface area contributed by atoms with Crippen molar-refractivity contribution in [3.63, 3.8) is 0 Å². The summed E-state index contributed by atoms with van der Waals surface area (Å²) in [5.74, 6) is 0. The van der Waals surface area contributed by atoms with Crippen LogP contribution in [0.4, 0.5) is 5.69 Å². The number of anilines is 1. The number of thiophene rings is 1. The number of halogens is 2. The summed E-state index contributed by atoms with van der Waals surface area (Å²) in [4.78, 5) is 5.54. The lowest BCUT2D eigenvalue weighted by molar-refractivity contribution is 1.11. The monoisotopic (exact) mass is 316 g/mol. The highest BCUT2D eigenvalue weighted by Gasteiger charge is 2.01. The third kappa shape index (κ3) is 2.97. The Labute approximate surface area is 112 Å². The molecule has 0 spiro atoms. The van der Waals surface area contributed by atoms with Crippen LogP contribution in [0.3, 0.4) is 0 Å². The quantitative estimate of drug-likeness (QED) is 0.844. The molecule has 2 heterocycles. The molecule has 0 amide bonds. The molecule has 0 fully saturated rings. The molecule has 0 bridgehead atoms. The van der Waals surface area contributed by atoms with Crippen LogP contribution in [-0.4, -0.2) is 4.98 Å². The summed E-state index contributed by atoms with van der Waals surface area (Å²) in [6.45, 7) is 2.76. The van der Waals surface area contributed by atoms with Gasteiger partial charge in [-0.2, -0.15) is 0 Å². The fourth-order valence-electron chi connectivity index (χ4n) is 1.35. The molecular formula is C11H10BrClN2S. The molecule has 0 atom stereocenters. The highest BCUT2D eigenvalue weighted by Crippen LogP contribution is 2.23. The molecule has 0 radical (unpaired) electrons. The van der Waals surface area contributed by atoms with Crippen LogP contribution in [0.5, 0.6) is 0 Å². The number of hydrogen-bond acceptors (Lipinski definition) is 3. The van der Waals surface area contributed by atoms with Crippen LogP contribution < -0.4 is 5.32 Å². The first-order valence-corrected chi connectivity index (χ1v) is 6.75. The number of aryl methyl sites for hydroxylation is 1. The number of nitrogens with one attached hydrogen (secondary N) is 1. The number of nitrogens with zero attached hydrogens (tertiary/aromatic N) is 1. The molecule has 0 unspecified atom stereocenters. The van der Waals surface area contributed by atoms with E-state index in [9.17, 15) is 0 Å². The van der Waals surface area contributed by atoms with Crippen molar-refractivity contribution >= 4 is 44.6 Å². The zero-order valence-corrected chi connectivity index (χ0v) is 11.8. The van der Waals surface area contributed by atoms with Gasteiger partial charge in [0.1, 0.15) is 4.60 Å². The summed E-state index contributed by atoms with van der Waals surface area (Å²) in [7, 11) is 0. The zero-order valence-electron chi connectivity index (χ0n) is 8.63. The smallest absolute Gasteiger partial charge is 0.106 e. The van der Waals surface area contributed by atoms with Crippen LogP contribution >= 0.6 is 38.9 Å². The van der Waals surface area contributed by atoms with Crippen molar-refractivity contribution in [2.75, 3.05) is 5.32 Å². The molecular weight excluding hydrogens is 308 g/mol. The van der Waals surface area contributed by atoms with E-state index in [0.29, 0.717) is 0 Å². The van der Waals surface area contributed by atoms with Gasteiger partial charge in [0, 0.05) is 11.4 Å². The van der Waals surface area contributed by atoms with E-state index in [0.717, 1.165) is 26.9 Å². The van der Waals surface area contributed by atoms with Crippen molar-refractivity contribution in [3.05, 3.63) is 43.8 Å². The van der Waals surface area contributed by atoms with Gasteiger partial charge in [0.25, 0.3) is 0 Å². The van der Waals surface area contributed by atoms with Gasteiger partial charge in [-0.15, -0.1) is 11.3 Å². The van der Waals surface area contributed by atoms with Crippen molar-refractivity contribution in [1.82, 2.24) is 4.98 Å². The van der Waals surface area contributed by atoms with E-state index in [1.54, 1.807) is 11.3 Å². The van der Waals surface area contributed by atoms with Gasteiger partial charge in [-0.3, -0.25) is 0 Å². The van der Waals surface area contributed by atoms with Crippen molar-refractivity contribution < 1.29 is 0 Å². The van der Waals surface area contributed by atoms with Gasteiger partial charge in [0.2, 0.25) is 0 Å². The molecule has 0 aliphatic rings. The Hall–Kier alpha value is -0.580. The Bertz CT molecular complexity index is 498. The highest BCUT2D eigenvalue weighted by molar-refractivity contribution is 9.10. The highest BCUT2D eigenvalue weighted by atomic mass is 79.9. The lowest BCUT2D eigenvalue weighted by Gasteiger charge is -2.07. The Morgan fingerprint density at radius 1 is 1.38 bits per heavy atom. The molecule has 84 valence electrons. The van der Waals surface area contributed by atoms with E-state index in [4.69, 9.17) is 11.6 Å². The maximum atomic E-state index is 5.87. The van der Waals surface area contributed by atoms with E-state index >= 15 is 0 Å². The molecule has 0 aromatic carbocycles. The summed E-state index contributed by atoms with van der Waals surface area (Å²) >= 11 is 10.8. The Morgan fingerprint density at radius 3 is 2.81 bits per heavy atom. The molecule has 1 N–H and O–H groups in total. The molecule has 0 saturated heterocycles. The summed E-state index contributed by atoms with van der Waals surface area (Å²) < 4.78 is 1.68. The first kappa shape index (κ1) is 11.9. The molecule has 0 saturated carbocycles. The van der Waals surface area contributed by atoms with Crippen LogP contribution in [0.25, 0.3) is 0 Å². The summed E-state index contributed by atoms with van der Waals surface area (Å²) in [5, 5.41) is 3.34. The third-order valence-corrected chi connectivity index (χ3v) is 3.81. The van der Waals surface area contributed by atoms with E-state index < -0.39 is 0 Å². The predicted molar refractivity (Wildman–Crippen MR) is 73.3 cm³/mol. The first-order chi connectivity index (χ1) is 7.65.